The van der Waals surface area contributed by atoms with Crippen LogP contribution in [0.25, 0.3) is 0 Å². The lowest BCUT2D eigenvalue weighted by molar-refractivity contribution is -0.132. The molecule has 0 unspecified atom stereocenters. The number of nitrogens with zero attached hydrogens (tertiary/aromatic N) is 2. The maximum atomic E-state index is 11.3. The molecule has 0 atom stereocenters. The number of hydrogen-bond acceptors (Lipinski definition) is 8. The van der Waals surface area contributed by atoms with Crippen LogP contribution in [0.15, 0.2) is 17.2 Å². The first-order valence-corrected chi connectivity index (χ1v) is 9.75. The third-order valence-corrected chi connectivity index (χ3v) is 4.38. The predicted molar refractivity (Wildman–Crippen MR) is 114 cm³/mol. The average Bonchev–Trinajstić information content (AvgIpc) is 2.72. The lowest BCUT2D eigenvalue weighted by Crippen LogP contribution is -2.39. The molecular formula is C19H28N4O5S. The van der Waals surface area contributed by atoms with Crippen molar-refractivity contribution >= 4 is 29.5 Å². The van der Waals surface area contributed by atoms with Gasteiger partial charge in [-0.1, -0.05) is 0 Å². The zero-order valence-electron chi connectivity index (χ0n) is 17.0. The number of methoxy groups -OCH3 is 2. The van der Waals surface area contributed by atoms with Gasteiger partial charge in [0.05, 0.1) is 33.6 Å². The fourth-order valence-corrected chi connectivity index (χ4v) is 2.91. The van der Waals surface area contributed by atoms with E-state index in [9.17, 15) is 4.79 Å². The van der Waals surface area contributed by atoms with E-state index in [1.54, 1.807) is 18.3 Å². The van der Waals surface area contributed by atoms with Gasteiger partial charge in [0.25, 0.3) is 0 Å². The minimum absolute atomic E-state index is 0.227. The quantitative estimate of drug-likeness (QED) is 0.151. The van der Waals surface area contributed by atoms with Gasteiger partial charge in [-0.25, -0.2) is 0 Å². The van der Waals surface area contributed by atoms with Crippen molar-refractivity contribution in [3.8, 4) is 17.2 Å². The lowest BCUT2D eigenvalue weighted by Gasteiger charge is -2.26. The predicted octanol–water partition coefficient (Wildman–Crippen LogP) is 1.15. The molecule has 1 aromatic rings. The molecule has 1 aromatic carbocycles. The van der Waals surface area contributed by atoms with Crippen LogP contribution in [0.1, 0.15) is 18.9 Å². The Morgan fingerprint density at radius 1 is 1.28 bits per heavy atom. The maximum Gasteiger partial charge on any atom is 0.308 e. The Balaban J connectivity index is 1.82. The largest absolute Gasteiger partial charge is 0.493 e. The number of carbonyl (C=O) groups excluding carboxylic acids is 1. The highest BCUT2D eigenvalue weighted by Crippen LogP contribution is 2.38. The molecule has 1 aliphatic heterocycles. The number of benzene rings is 1. The second-order valence-corrected chi connectivity index (χ2v) is 6.69. The van der Waals surface area contributed by atoms with Crippen LogP contribution < -0.4 is 25.0 Å². The summed E-state index contributed by atoms with van der Waals surface area (Å²) in [6.45, 7) is 6.66. The molecule has 29 heavy (non-hydrogen) atoms. The van der Waals surface area contributed by atoms with E-state index >= 15 is 0 Å². The molecule has 0 amide bonds. The number of hydrazone groups is 1. The van der Waals surface area contributed by atoms with E-state index in [1.165, 1.54) is 21.1 Å². The van der Waals surface area contributed by atoms with Crippen LogP contribution in [-0.4, -0.2) is 75.8 Å². The Bertz CT molecular complexity index is 698. The lowest BCUT2D eigenvalue weighted by atomic mass is 10.2. The molecule has 10 heteroatoms. The highest BCUT2D eigenvalue weighted by Gasteiger charge is 2.15. The summed E-state index contributed by atoms with van der Waals surface area (Å²) in [7, 11) is 2.97. The molecule has 1 heterocycles. The van der Waals surface area contributed by atoms with E-state index in [4.69, 9.17) is 31.2 Å². The van der Waals surface area contributed by atoms with Gasteiger partial charge >= 0.3 is 5.97 Å². The number of esters is 1. The normalized spacial score (nSPS) is 14.4. The number of carbonyl (C=O) groups is 1. The van der Waals surface area contributed by atoms with Gasteiger partial charge in [-0.2, -0.15) is 5.10 Å². The number of morpholine rings is 1. The highest BCUT2D eigenvalue weighted by atomic mass is 32.1. The van der Waals surface area contributed by atoms with Crippen molar-refractivity contribution in [3.05, 3.63) is 17.7 Å². The van der Waals surface area contributed by atoms with Gasteiger partial charge in [-0.15, -0.1) is 0 Å². The van der Waals surface area contributed by atoms with Gasteiger partial charge in [0.2, 0.25) is 5.75 Å². The summed E-state index contributed by atoms with van der Waals surface area (Å²) < 4.78 is 21.1. The van der Waals surface area contributed by atoms with Crippen LogP contribution in [-0.2, 0) is 9.53 Å². The highest BCUT2D eigenvalue weighted by molar-refractivity contribution is 7.80. The van der Waals surface area contributed by atoms with Crippen molar-refractivity contribution in [1.82, 2.24) is 15.6 Å². The van der Waals surface area contributed by atoms with Crippen LogP contribution in [0.4, 0.5) is 0 Å². The molecule has 160 valence electrons. The van der Waals surface area contributed by atoms with E-state index in [-0.39, 0.29) is 5.75 Å². The fraction of sp³-hybridized carbons (Fsp3) is 0.526. The molecule has 1 saturated heterocycles. The number of nitrogens with one attached hydrogen (secondary N) is 2. The third kappa shape index (κ3) is 7.84. The molecule has 2 N–H and O–H groups in total. The standard InChI is InChI=1S/C19H28N4O5S/c1-14(24)28-18-16(25-2)11-15(12-17(18)26-3)13-21-22-19(29)20-5-4-6-23-7-9-27-10-8-23/h11-13H,4-10H2,1-3H3,(H2,20,22,29)/b21-13-. The molecule has 2 rings (SSSR count). The first kappa shape index (κ1) is 22.9. The molecule has 0 aromatic heterocycles. The van der Waals surface area contributed by atoms with E-state index in [1.807, 2.05) is 0 Å². The summed E-state index contributed by atoms with van der Waals surface area (Å²) in [5, 5.41) is 7.70. The van der Waals surface area contributed by atoms with Crippen LogP contribution in [0.2, 0.25) is 0 Å². The zero-order valence-corrected chi connectivity index (χ0v) is 17.8. The van der Waals surface area contributed by atoms with E-state index in [2.05, 4.69) is 20.7 Å². The van der Waals surface area contributed by atoms with Crippen LogP contribution in [0, 0.1) is 0 Å². The molecular weight excluding hydrogens is 396 g/mol. The van der Waals surface area contributed by atoms with E-state index in [0.717, 1.165) is 45.8 Å². The van der Waals surface area contributed by atoms with Gasteiger partial charge in [0.15, 0.2) is 16.6 Å². The van der Waals surface area contributed by atoms with Gasteiger partial charge in [0, 0.05) is 32.1 Å². The average molecular weight is 425 g/mol. The molecule has 0 radical (unpaired) electrons. The second kappa shape index (κ2) is 12.2. The first-order valence-electron chi connectivity index (χ1n) is 9.35. The van der Waals surface area contributed by atoms with Crippen LogP contribution >= 0.6 is 12.2 Å². The van der Waals surface area contributed by atoms with Crippen molar-refractivity contribution < 1.29 is 23.7 Å². The van der Waals surface area contributed by atoms with Gasteiger partial charge in [-0.05, 0) is 37.3 Å². The van der Waals surface area contributed by atoms with Crippen LogP contribution in [0.5, 0.6) is 17.2 Å². The Hall–Kier alpha value is -2.43. The molecule has 9 nitrogen and oxygen atoms in total. The second-order valence-electron chi connectivity index (χ2n) is 6.28. The van der Waals surface area contributed by atoms with Crippen molar-refractivity contribution in [2.45, 2.75) is 13.3 Å². The number of thiocarbonyl (C=S) groups is 1. The number of ether oxygens (including phenoxy) is 4. The van der Waals surface area contributed by atoms with Gasteiger partial charge < -0.3 is 24.3 Å². The molecule has 0 aliphatic carbocycles. The van der Waals surface area contributed by atoms with Crippen LogP contribution in [0.3, 0.4) is 0 Å². The maximum absolute atomic E-state index is 11.3. The SMILES string of the molecule is COc1cc(/C=N\NC(=S)NCCCN2CCOCC2)cc(OC)c1OC(C)=O. The smallest absolute Gasteiger partial charge is 0.308 e. The van der Waals surface area contributed by atoms with Crippen molar-refractivity contribution in [1.29, 1.82) is 0 Å². The molecule has 0 spiro atoms. The van der Waals surface area contributed by atoms with Crippen molar-refractivity contribution in [3.63, 3.8) is 0 Å². The van der Waals surface area contributed by atoms with Crippen molar-refractivity contribution in [2.24, 2.45) is 5.10 Å². The topological polar surface area (TPSA) is 93.7 Å². The van der Waals surface area contributed by atoms with Gasteiger partial charge in [0.1, 0.15) is 0 Å². The molecule has 0 bridgehead atoms. The Kier molecular flexibility index (Phi) is 9.62. The Labute approximate surface area is 176 Å². The minimum Gasteiger partial charge on any atom is -0.493 e. The summed E-state index contributed by atoms with van der Waals surface area (Å²) in [6.07, 6.45) is 2.56. The zero-order chi connectivity index (χ0) is 21.1. The minimum atomic E-state index is -0.463. The number of rotatable bonds is 9. The summed E-state index contributed by atoms with van der Waals surface area (Å²) >= 11 is 5.23. The fourth-order valence-electron chi connectivity index (χ4n) is 2.75. The first-order chi connectivity index (χ1) is 14.0. The Morgan fingerprint density at radius 3 is 2.52 bits per heavy atom. The molecule has 0 saturated carbocycles. The molecule has 1 aliphatic rings. The van der Waals surface area contributed by atoms with Gasteiger partial charge in [-0.3, -0.25) is 15.1 Å². The van der Waals surface area contributed by atoms with E-state index < -0.39 is 5.97 Å². The third-order valence-electron chi connectivity index (χ3n) is 4.15. The monoisotopic (exact) mass is 424 g/mol. The summed E-state index contributed by atoms with van der Waals surface area (Å²) in [4.78, 5) is 13.7. The molecule has 1 fully saturated rings. The van der Waals surface area contributed by atoms with E-state index in [0.29, 0.717) is 22.2 Å². The summed E-state index contributed by atoms with van der Waals surface area (Å²) in [5.74, 6) is 0.495. The summed E-state index contributed by atoms with van der Waals surface area (Å²) in [6, 6.07) is 3.37. The number of hydrogen-bond donors (Lipinski definition) is 2. The summed E-state index contributed by atoms with van der Waals surface area (Å²) in [5.41, 5.74) is 3.47. The Morgan fingerprint density at radius 2 is 1.93 bits per heavy atom. The van der Waals surface area contributed by atoms with Crippen molar-refractivity contribution in [2.75, 3.05) is 53.6 Å².